The highest BCUT2D eigenvalue weighted by molar-refractivity contribution is 5.73. The second-order valence-electron chi connectivity index (χ2n) is 4.80. The number of fused-ring (bicyclic) bond motifs is 3. The lowest BCUT2D eigenvalue weighted by Gasteiger charge is -2.21. The van der Waals surface area contributed by atoms with Gasteiger partial charge in [0, 0.05) is 23.8 Å². The fraction of sp³-hybridized carbons (Fsp3) is 0.400. The lowest BCUT2D eigenvalue weighted by molar-refractivity contribution is -0.148. The van der Waals surface area contributed by atoms with E-state index in [9.17, 15) is 4.79 Å². The maximum atomic E-state index is 11.8. The van der Waals surface area contributed by atoms with E-state index in [0.29, 0.717) is 6.61 Å². The van der Waals surface area contributed by atoms with Crippen LogP contribution in [-0.2, 0) is 22.4 Å². The molecule has 18 heavy (non-hydrogen) atoms. The van der Waals surface area contributed by atoms with Crippen molar-refractivity contribution >= 4 is 11.5 Å². The minimum Gasteiger partial charge on any atom is -0.466 e. The average Bonchev–Trinajstić information content (AvgIpc) is 2.76. The molecule has 0 N–H and O–H groups in total. The Labute approximate surface area is 106 Å². The molecule has 1 unspecified atom stereocenters. The lowest BCUT2D eigenvalue weighted by Crippen LogP contribution is -2.25. The molecule has 1 aliphatic carbocycles. The first kappa shape index (κ1) is 11.3. The van der Waals surface area contributed by atoms with E-state index >= 15 is 0 Å². The minimum atomic E-state index is -0.0472. The van der Waals surface area contributed by atoms with Crippen LogP contribution in [0.1, 0.15) is 24.6 Å². The van der Waals surface area contributed by atoms with Crippen molar-refractivity contribution < 1.29 is 9.53 Å². The number of pyridine rings is 1. The van der Waals surface area contributed by atoms with E-state index < -0.39 is 0 Å². The number of carbonyl (C=O) groups excluding carboxylic acids is 1. The Morgan fingerprint density at radius 1 is 1.50 bits per heavy atom. The molecule has 2 aromatic rings. The molecule has 0 saturated heterocycles. The van der Waals surface area contributed by atoms with Gasteiger partial charge in [-0.1, -0.05) is 6.07 Å². The molecule has 0 spiro atoms. The quantitative estimate of drug-likeness (QED) is 0.759. The Kier molecular flexibility index (Phi) is 2.82. The third-order valence-electron chi connectivity index (χ3n) is 3.70. The fourth-order valence-electron chi connectivity index (χ4n) is 2.81. The molecule has 3 heteroatoms. The number of nitrogens with zero attached hydrogens (tertiary/aromatic N) is 1. The summed E-state index contributed by atoms with van der Waals surface area (Å²) < 4.78 is 7.33. The summed E-state index contributed by atoms with van der Waals surface area (Å²) in [5, 5.41) is 0. The van der Waals surface area contributed by atoms with Crippen LogP contribution in [0.15, 0.2) is 30.5 Å². The van der Waals surface area contributed by atoms with Gasteiger partial charge in [0.2, 0.25) is 0 Å². The first-order chi connectivity index (χ1) is 8.79. The average molecular weight is 243 g/mol. The zero-order valence-corrected chi connectivity index (χ0v) is 10.6. The van der Waals surface area contributed by atoms with Crippen LogP contribution in [0.25, 0.3) is 5.52 Å². The number of esters is 1. The molecule has 0 bridgehead atoms. The Bertz CT molecular complexity index is 585. The molecule has 1 atom stereocenters. The molecule has 2 aromatic heterocycles. The van der Waals surface area contributed by atoms with Gasteiger partial charge in [0.1, 0.15) is 0 Å². The maximum Gasteiger partial charge on any atom is 0.309 e. The standard InChI is InChI=1S/C15H17NO2/c1-2-18-15(17)12-7-6-11-9-13-5-3-4-8-16(13)14(11)10-12/h3-5,8-9,12H,2,6-7,10H2,1H3. The van der Waals surface area contributed by atoms with Crippen LogP contribution in [0.5, 0.6) is 0 Å². The largest absolute Gasteiger partial charge is 0.466 e. The van der Waals surface area contributed by atoms with Gasteiger partial charge in [-0.3, -0.25) is 4.79 Å². The summed E-state index contributed by atoms with van der Waals surface area (Å²) in [6.45, 7) is 2.33. The molecule has 0 radical (unpaired) electrons. The van der Waals surface area contributed by atoms with E-state index in [4.69, 9.17) is 4.74 Å². The summed E-state index contributed by atoms with van der Waals surface area (Å²) in [4.78, 5) is 11.8. The molecule has 0 fully saturated rings. The van der Waals surface area contributed by atoms with Crippen LogP contribution in [0.3, 0.4) is 0 Å². The van der Waals surface area contributed by atoms with Gasteiger partial charge in [-0.25, -0.2) is 0 Å². The first-order valence-electron chi connectivity index (χ1n) is 6.54. The predicted octanol–water partition coefficient (Wildman–Crippen LogP) is 2.61. The number of rotatable bonds is 2. The van der Waals surface area contributed by atoms with Gasteiger partial charge in [-0.05, 0) is 43.5 Å². The van der Waals surface area contributed by atoms with Crippen LogP contribution in [0, 0.1) is 5.92 Å². The van der Waals surface area contributed by atoms with Gasteiger partial charge in [0.05, 0.1) is 12.5 Å². The molecular weight excluding hydrogens is 226 g/mol. The first-order valence-corrected chi connectivity index (χ1v) is 6.54. The number of aromatic nitrogens is 1. The van der Waals surface area contributed by atoms with Crippen molar-refractivity contribution in [2.75, 3.05) is 6.61 Å². The second-order valence-corrected chi connectivity index (χ2v) is 4.80. The lowest BCUT2D eigenvalue weighted by atomic mass is 9.88. The highest BCUT2D eigenvalue weighted by Crippen LogP contribution is 2.29. The number of hydrogen-bond donors (Lipinski definition) is 0. The van der Waals surface area contributed by atoms with Crippen molar-refractivity contribution in [2.24, 2.45) is 5.92 Å². The number of hydrogen-bond acceptors (Lipinski definition) is 2. The van der Waals surface area contributed by atoms with Gasteiger partial charge in [-0.2, -0.15) is 0 Å². The molecule has 2 heterocycles. The molecule has 0 aromatic carbocycles. The normalized spacial score (nSPS) is 18.6. The Hall–Kier alpha value is -1.77. The summed E-state index contributed by atoms with van der Waals surface area (Å²) >= 11 is 0. The fourth-order valence-corrected chi connectivity index (χ4v) is 2.81. The number of aryl methyl sites for hydroxylation is 1. The molecule has 3 nitrogen and oxygen atoms in total. The van der Waals surface area contributed by atoms with Gasteiger partial charge in [0.25, 0.3) is 0 Å². The van der Waals surface area contributed by atoms with Crippen molar-refractivity contribution in [3.8, 4) is 0 Å². The number of carbonyl (C=O) groups is 1. The summed E-state index contributed by atoms with van der Waals surface area (Å²) in [5.74, 6) is -0.0233. The van der Waals surface area contributed by atoms with Crippen molar-refractivity contribution in [1.82, 2.24) is 4.40 Å². The van der Waals surface area contributed by atoms with Crippen molar-refractivity contribution in [1.29, 1.82) is 0 Å². The molecule has 1 aliphatic rings. The highest BCUT2D eigenvalue weighted by Gasteiger charge is 2.27. The van der Waals surface area contributed by atoms with Crippen LogP contribution < -0.4 is 0 Å². The molecule has 0 aliphatic heterocycles. The third-order valence-corrected chi connectivity index (χ3v) is 3.70. The zero-order chi connectivity index (χ0) is 12.5. The second kappa shape index (κ2) is 4.48. The van der Waals surface area contributed by atoms with Crippen molar-refractivity contribution in [2.45, 2.75) is 26.2 Å². The van der Waals surface area contributed by atoms with Crippen molar-refractivity contribution in [3.63, 3.8) is 0 Å². The van der Waals surface area contributed by atoms with Crippen molar-refractivity contribution in [3.05, 3.63) is 41.7 Å². The van der Waals surface area contributed by atoms with Crippen LogP contribution in [0.4, 0.5) is 0 Å². The Morgan fingerprint density at radius 3 is 3.22 bits per heavy atom. The Balaban J connectivity index is 1.94. The van der Waals surface area contributed by atoms with E-state index in [-0.39, 0.29) is 11.9 Å². The van der Waals surface area contributed by atoms with E-state index in [1.807, 2.05) is 19.1 Å². The predicted molar refractivity (Wildman–Crippen MR) is 69.5 cm³/mol. The van der Waals surface area contributed by atoms with E-state index in [1.165, 1.54) is 16.8 Å². The maximum absolute atomic E-state index is 11.8. The van der Waals surface area contributed by atoms with E-state index in [0.717, 1.165) is 19.3 Å². The van der Waals surface area contributed by atoms with E-state index in [2.05, 4.69) is 22.7 Å². The van der Waals surface area contributed by atoms with Gasteiger partial charge < -0.3 is 9.14 Å². The SMILES string of the molecule is CCOC(=O)C1CCc2cc3ccccn3c2C1. The molecule has 0 saturated carbocycles. The molecule has 3 rings (SSSR count). The molecule has 0 amide bonds. The molecule has 94 valence electrons. The highest BCUT2D eigenvalue weighted by atomic mass is 16.5. The zero-order valence-electron chi connectivity index (χ0n) is 10.6. The summed E-state index contributed by atoms with van der Waals surface area (Å²) in [6.07, 6.45) is 4.75. The smallest absolute Gasteiger partial charge is 0.309 e. The number of ether oxygens (including phenoxy) is 1. The third kappa shape index (κ3) is 1.80. The topological polar surface area (TPSA) is 30.7 Å². The van der Waals surface area contributed by atoms with E-state index in [1.54, 1.807) is 0 Å². The summed E-state index contributed by atoms with van der Waals surface area (Å²) in [5.41, 5.74) is 3.86. The summed E-state index contributed by atoms with van der Waals surface area (Å²) in [6, 6.07) is 8.42. The molecular formula is C15H17NO2. The Morgan fingerprint density at radius 2 is 2.39 bits per heavy atom. The van der Waals surface area contributed by atoms with Gasteiger partial charge in [-0.15, -0.1) is 0 Å². The summed E-state index contributed by atoms with van der Waals surface area (Å²) in [7, 11) is 0. The van der Waals surface area contributed by atoms with Crippen LogP contribution in [-0.4, -0.2) is 17.0 Å². The monoisotopic (exact) mass is 243 g/mol. The van der Waals surface area contributed by atoms with Gasteiger partial charge >= 0.3 is 5.97 Å². The minimum absolute atomic E-state index is 0.0238. The van der Waals surface area contributed by atoms with Gasteiger partial charge in [0.15, 0.2) is 0 Å². The van der Waals surface area contributed by atoms with Crippen LogP contribution in [0.2, 0.25) is 0 Å². The van der Waals surface area contributed by atoms with Crippen LogP contribution >= 0.6 is 0 Å².